The molecule has 0 aliphatic heterocycles. The van der Waals surface area contributed by atoms with E-state index in [1.807, 2.05) is 44.2 Å². The summed E-state index contributed by atoms with van der Waals surface area (Å²) in [5.41, 5.74) is 1.12. The van der Waals surface area contributed by atoms with E-state index in [0.717, 1.165) is 20.3 Å². The zero-order valence-corrected chi connectivity index (χ0v) is 13.5. The smallest absolute Gasteiger partial charge is 0.320 e. The van der Waals surface area contributed by atoms with Crippen molar-refractivity contribution in [1.82, 2.24) is 5.32 Å². The normalized spacial score (nSPS) is 12.6. The van der Waals surface area contributed by atoms with Gasteiger partial charge in [-0.3, -0.25) is 10.1 Å². The Bertz CT molecular complexity index is 607. The van der Waals surface area contributed by atoms with Crippen molar-refractivity contribution in [2.75, 3.05) is 0 Å². The van der Waals surface area contributed by atoms with Gasteiger partial charge in [0.25, 0.3) is 0 Å². The van der Waals surface area contributed by atoms with Gasteiger partial charge in [-0.15, -0.1) is 11.3 Å². The molecule has 3 nitrogen and oxygen atoms in total. The third-order valence-corrected chi connectivity index (χ3v) is 4.61. The maximum absolute atomic E-state index is 11.1. The predicted molar refractivity (Wildman–Crippen MR) is 87.9 cm³/mol. The first-order valence-electron chi connectivity index (χ1n) is 6.78. The number of rotatable bonds is 6. The van der Waals surface area contributed by atoms with Gasteiger partial charge in [0, 0.05) is 21.3 Å². The summed E-state index contributed by atoms with van der Waals surface area (Å²) in [6.07, 6.45) is 0. The van der Waals surface area contributed by atoms with Crippen LogP contribution in [0.15, 0.2) is 36.4 Å². The topological polar surface area (TPSA) is 49.3 Å². The molecule has 1 aromatic carbocycles. The highest BCUT2D eigenvalue weighted by Crippen LogP contribution is 2.29. The lowest BCUT2D eigenvalue weighted by molar-refractivity contribution is -0.140. The van der Waals surface area contributed by atoms with Crippen LogP contribution in [-0.4, -0.2) is 17.1 Å². The average molecular weight is 324 g/mol. The third kappa shape index (κ3) is 4.30. The van der Waals surface area contributed by atoms with Crippen molar-refractivity contribution in [2.24, 2.45) is 5.92 Å². The molecule has 0 aliphatic rings. The second-order valence-electron chi connectivity index (χ2n) is 5.21. The van der Waals surface area contributed by atoms with Crippen LogP contribution in [0.25, 0.3) is 10.4 Å². The van der Waals surface area contributed by atoms with E-state index in [1.54, 1.807) is 11.3 Å². The molecule has 1 heterocycles. The Balaban J connectivity index is 2.03. The lowest BCUT2D eigenvalue weighted by Gasteiger charge is -2.17. The summed E-state index contributed by atoms with van der Waals surface area (Å²) >= 11 is 7.54. The first kappa shape index (κ1) is 16.0. The van der Waals surface area contributed by atoms with E-state index >= 15 is 0 Å². The molecule has 1 atom stereocenters. The van der Waals surface area contributed by atoms with E-state index in [2.05, 4.69) is 11.4 Å². The minimum absolute atomic E-state index is 0.0539. The zero-order valence-electron chi connectivity index (χ0n) is 12.0. The molecule has 2 aromatic rings. The van der Waals surface area contributed by atoms with Crippen LogP contribution in [0.2, 0.25) is 5.02 Å². The Morgan fingerprint density at radius 2 is 1.90 bits per heavy atom. The molecule has 0 spiro atoms. The lowest BCUT2D eigenvalue weighted by Crippen LogP contribution is -2.40. The highest BCUT2D eigenvalue weighted by atomic mass is 35.5. The molecule has 0 aliphatic carbocycles. The summed E-state index contributed by atoms with van der Waals surface area (Å²) < 4.78 is 0. The van der Waals surface area contributed by atoms with E-state index in [4.69, 9.17) is 16.7 Å². The molecule has 0 bridgehead atoms. The highest BCUT2D eigenvalue weighted by Gasteiger charge is 2.20. The maximum Gasteiger partial charge on any atom is 0.320 e. The SMILES string of the molecule is CC(C)[C@H](NCc1ccc(-c2ccc(Cl)cc2)s1)C(=O)O. The van der Waals surface area contributed by atoms with Crippen LogP contribution in [0, 0.1) is 5.92 Å². The van der Waals surface area contributed by atoms with Crippen molar-refractivity contribution in [3.05, 3.63) is 46.3 Å². The summed E-state index contributed by atoms with van der Waals surface area (Å²) in [6, 6.07) is 11.3. The fraction of sp³-hybridized carbons (Fsp3) is 0.312. The van der Waals surface area contributed by atoms with E-state index < -0.39 is 12.0 Å². The minimum Gasteiger partial charge on any atom is -0.480 e. The minimum atomic E-state index is -0.806. The van der Waals surface area contributed by atoms with Crippen molar-refractivity contribution >= 4 is 28.9 Å². The van der Waals surface area contributed by atoms with Gasteiger partial charge in [-0.1, -0.05) is 37.6 Å². The Morgan fingerprint density at radius 1 is 1.24 bits per heavy atom. The van der Waals surface area contributed by atoms with Gasteiger partial charge in [0.05, 0.1) is 0 Å². The fourth-order valence-electron chi connectivity index (χ4n) is 2.06. The number of benzene rings is 1. The Labute approximate surface area is 133 Å². The molecule has 2 N–H and O–H groups in total. The van der Waals surface area contributed by atoms with E-state index in [0.29, 0.717) is 6.54 Å². The largest absolute Gasteiger partial charge is 0.480 e. The number of thiophene rings is 1. The average Bonchev–Trinajstić information content (AvgIpc) is 2.87. The number of carbonyl (C=O) groups is 1. The number of carboxylic acids is 1. The second kappa shape index (κ2) is 7.07. The van der Waals surface area contributed by atoms with Crippen LogP contribution in [0.5, 0.6) is 0 Å². The van der Waals surface area contributed by atoms with Crippen molar-refractivity contribution in [2.45, 2.75) is 26.4 Å². The highest BCUT2D eigenvalue weighted by molar-refractivity contribution is 7.15. The third-order valence-electron chi connectivity index (χ3n) is 3.22. The van der Waals surface area contributed by atoms with Crippen LogP contribution in [-0.2, 0) is 11.3 Å². The first-order chi connectivity index (χ1) is 9.97. The van der Waals surface area contributed by atoms with Crippen molar-refractivity contribution in [3.63, 3.8) is 0 Å². The van der Waals surface area contributed by atoms with Gasteiger partial charge in [0.2, 0.25) is 0 Å². The van der Waals surface area contributed by atoms with Crippen LogP contribution in [0.4, 0.5) is 0 Å². The van der Waals surface area contributed by atoms with Gasteiger partial charge in [0.1, 0.15) is 6.04 Å². The van der Waals surface area contributed by atoms with Gasteiger partial charge in [-0.2, -0.15) is 0 Å². The van der Waals surface area contributed by atoms with Gasteiger partial charge in [-0.25, -0.2) is 0 Å². The van der Waals surface area contributed by atoms with Gasteiger partial charge in [0.15, 0.2) is 0 Å². The number of aliphatic carboxylic acids is 1. The molecule has 1 aromatic heterocycles. The predicted octanol–water partition coefficient (Wildman–Crippen LogP) is 4.27. The number of hydrogen-bond donors (Lipinski definition) is 2. The molecule has 112 valence electrons. The molecular formula is C16H18ClNO2S. The van der Waals surface area contributed by atoms with Crippen LogP contribution in [0.1, 0.15) is 18.7 Å². The monoisotopic (exact) mass is 323 g/mol. The number of halogens is 1. The maximum atomic E-state index is 11.1. The summed E-state index contributed by atoms with van der Waals surface area (Å²) in [7, 11) is 0. The quantitative estimate of drug-likeness (QED) is 0.834. The molecule has 0 saturated heterocycles. The van der Waals surface area contributed by atoms with Crippen LogP contribution < -0.4 is 5.32 Å². The van der Waals surface area contributed by atoms with Gasteiger partial charge >= 0.3 is 5.97 Å². The Kier molecular flexibility index (Phi) is 5.39. The molecular weight excluding hydrogens is 306 g/mol. The first-order valence-corrected chi connectivity index (χ1v) is 7.97. The van der Waals surface area contributed by atoms with Crippen LogP contribution >= 0.6 is 22.9 Å². The molecule has 0 fully saturated rings. The molecule has 0 unspecified atom stereocenters. The number of hydrogen-bond acceptors (Lipinski definition) is 3. The molecule has 0 saturated carbocycles. The Morgan fingerprint density at radius 3 is 2.48 bits per heavy atom. The lowest BCUT2D eigenvalue weighted by atomic mass is 10.1. The summed E-state index contributed by atoms with van der Waals surface area (Å²) in [5.74, 6) is -0.752. The molecule has 0 amide bonds. The standard InChI is InChI=1S/C16H18ClNO2S/c1-10(2)15(16(19)20)18-9-13-7-8-14(21-13)11-3-5-12(17)6-4-11/h3-8,10,15,18H,9H2,1-2H3,(H,19,20)/t15-/m0/s1. The van der Waals surface area contributed by atoms with Gasteiger partial charge < -0.3 is 5.11 Å². The van der Waals surface area contributed by atoms with E-state index in [9.17, 15) is 4.79 Å². The molecule has 5 heteroatoms. The zero-order chi connectivity index (χ0) is 15.4. The summed E-state index contributed by atoms with van der Waals surface area (Å²) in [5, 5.41) is 13.0. The Hall–Kier alpha value is -1.36. The molecule has 21 heavy (non-hydrogen) atoms. The number of nitrogens with one attached hydrogen (secondary N) is 1. The fourth-order valence-corrected chi connectivity index (χ4v) is 3.15. The van der Waals surface area contributed by atoms with Crippen molar-refractivity contribution in [3.8, 4) is 10.4 Å². The summed E-state index contributed by atoms with van der Waals surface area (Å²) in [6.45, 7) is 4.37. The van der Waals surface area contributed by atoms with Crippen molar-refractivity contribution in [1.29, 1.82) is 0 Å². The number of carboxylic acid groups (broad SMARTS) is 1. The summed E-state index contributed by atoms with van der Waals surface area (Å²) in [4.78, 5) is 13.4. The van der Waals surface area contributed by atoms with E-state index in [-0.39, 0.29) is 5.92 Å². The van der Waals surface area contributed by atoms with Gasteiger partial charge in [-0.05, 0) is 35.7 Å². The van der Waals surface area contributed by atoms with Crippen molar-refractivity contribution < 1.29 is 9.90 Å². The molecule has 0 radical (unpaired) electrons. The van der Waals surface area contributed by atoms with Crippen LogP contribution in [0.3, 0.4) is 0 Å². The van der Waals surface area contributed by atoms with E-state index in [1.165, 1.54) is 0 Å². The molecule has 2 rings (SSSR count). The second-order valence-corrected chi connectivity index (χ2v) is 6.82.